The van der Waals surface area contributed by atoms with Crippen LogP contribution in [0, 0.1) is 0 Å². The zero-order valence-electron chi connectivity index (χ0n) is 21.8. The Labute approximate surface area is 226 Å². The lowest BCUT2D eigenvalue weighted by atomic mass is 9.97. The smallest absolute Gasteiger partial charge is 0.303 e. The van der Waals surface area contributed by atoms with Gasteiger partial charge >= 0.3 is 23.9 Å². The molecule has 0 spiro atoms. The van der Waals surface area contributed by atoms with E-state index in [4.69, 9.17) is 35.9 Å². The molecular formula is C25H33N3O9S. The summed E-state index contributed by atoms with van der Waals surface area (Å²) in [6.45, 7) is 7.13. The van der Waals surface area contributed by atoms with E-state index >= 15 is 0 Å². The van der Waals surface area contributed by atoms with Crippen LogP contribution in [0.4, 0.5) is 5.69 Å². The number of carbonyl (C=O) groups excluding carboxylic acids is 4. The summed E-state index contributed by atoms with van der Waals surface area (Å²) in [6, 6.07) is 10.0. The Hall–Kier alpha value is -3.45. The minimum absolute atomic E-state index is 0.307. The van der Waals surface area contributed by atoms with Crippen molar-refractivity contribution in [1.29, 1.82) is 0 Å². The minimum atomic E-state index is -1.26. The van der Waals surface area contributed by atoms with Crippen LogP contribution in [0.1, 0.15) is 27.7 Å². The van der Waals surface area contributed by atoms with Gasteiger partial charge in [-0.3, -0.25) is 19.2 Å². The summed E-state index contributed by atoms with van der Waals surface area (Å²) < 4.78 is 27.5. The summed E-state index contributed by atoms with van der Waals surface area (Å²) in [5, 5.41) is 3.39. The van der Waals surface area contributed by atoms with Crippen molar-refractivity contribution in [2.75, 3.05) is 37.7 Å². The zero-order valence-corrected chi connectivity index (χ0v) is 22.6. The number of nitrogens with zero attached hydrogens (tertiary/aromatic N) is 2. The van der Waals surface area contributed by atoms with Crippen molar-refractivity contribution in [3.8, 4) is 0 Å². The average molecular weight is 552 g/mol. The van der Waals surface area contributed by atoms with Gasteiger partial charge in [-0.1, -0.05) is 18.2 Å². The molecule has 2 aliphatic heterocycles. The van der Waals surface area contributed by atoms with Gasteiger partial charge in [0.15, 0.2) is 29.7 Å². The normalized spacial score (nSPS) is 25.1. The number of ether oxygens (including phenoxy) is 5. The van der Waals surface area contributed by atoms with Crippen molar-refractivity contribution in [2.45, 2.75) is 58.3 Å². The maximum atomic E-state index is 12.0. The van der Waals surface area contributed by atoms with E-state index in [1.807, 2.05) is 35.2 Å². The van der Waals surface area contributed by atoms with Crippen molar-refractivity contribution in [3.63, 3.8) is 0 Å². The first-order valence-electron chi connectivity index (χ1n) is 12.2. The van der Waals surface area contributed by atoms with Crippen LogP contribution in [0.25, 0.3) is 0 Å². The summed E-state index contributed by atoms with van der Waals surface area (Å²) in [6.07, 6.45) is -5.85. The van der Waals surface area contributed by atoms with E-state index in [9.17, 15) is 19.2 Å². The van der Waals surface area contributed by atoms with Crippen LogP contribution in [0.5, 0.6) is 0 Å². The molecule has 0 unspecified atom stereocenters. The van der Waals surface area contributed by atoms with E-state index in [1.165, 1.54) is 27.7 Å². The number of nitrogens with one attached hydrogen (secondary N) is 1. The first-order chi connectivity index (χ1) is 18.0. The lowest BCUT2D eigenvalue weighted by Crippen LogP contribution is -2.67. The topological polar surface area (TPSA) is 133 Å². The quantitative estimate of drug-likeness (QED) is 0.291. The molecule has 2 heterocycles. The number of anilines is 1. The number of piperazine rings is 1. The fraction of sp³-hybridized carbons (Fsp3) is 0.560. The predicted molar refractivity (Wildman–Crippen MR) is 138 cm³/mol. The van der Waals surface area contributed by atoms with Gasteiger partial charge in [-0.25, -0.2) is 0 Å². The van der Waals surface area contributed by atoms with Gasteiger partial charge < -0.3 is 38.8 Å². The van der Waals surface area contributed by atoms with Crippen molar-refractivity contribution in [3.05, 3.63) is 30.3 Å². The monoisotopic (exact) mass is 551 g/mol. The number of para-hydroxylation sites is 1. The fourth-order valence-electron chi connectivity index (χ4n) is 4.36. The molecule has 1 N–H and O–H groups in total. The molecule has 5 atom stereocenters. The van der Waals surface area contributed by atoms with Crippen molar-refractivity contribution < 1.29 is 42.9 Å². The molecule has 2 saturated heterocycles. The number of esters is 4. The zero-order chi connectivity index (χ0) is 27.8. The average Bonchev–Trinajstić information content (AvgIpc) is 2.86. The van der Waals surface area contributed by atoms with Crippen molar-refractivity contribution >= 4 is 46.9 Å². The molecule has 0 aromatic heterocycles. The Morgan fingerprint density at radius 2 is 1.39 bits per heavy atom. The number of hydrogen-bond acceptors (Lipinski definition) is 11. The van der Waals surface area contributed by atoms with Crippen LogP contribution in [-0.4, -0.2) is 97.3 Å². The first-order valence-corrected chi connectivity index (χ1v) is 12.6. The fourth-order valence-corrected chi connectivity index (χ4v) is 4.66. The molecule has 12 nitrogen and oxygen atoms in total. The highest BCUT2D eigenvalue weighted by Gasteiger charge is 2.52. The molecule has 0 radical (unpaired) electrons. The molecular weight excluding hydrogens is 518 g/mol. The molecule has 0 saturated carbocycles. The van der Waals surface area contributed by atoms with Gasteiger partial charge in [-0.05, 0) is 24.4 Å². The Kier molecular flexibility index (Phi) is 10.2. The van der Waals surface area contributed by atoms with E-state index in [1.54, 1.807) is 0 Å². The largest absolute Gasteiger partial charge is 0.463 e. The second-order valence-electron chi connectivity index (χ2n) is 8.88. The molecule has 3 rings (SSSR count). The highest BCUT2D eigenvalue weighted by Crippen LogP contribution is 2.28. The number of carbonyl (C=O) groups is 4. The molecule has 0 aliphatic carbocycles. The van der Waals surface area contributed by atoms with Crippen LogP contribution in [0.2, 0.25) is 0 Å². The Bertz CT molecular complexity index is 1020. The lowest BCUT2D eigenvalue weighted by molar-refractivity contribution is -0.255. The van der Waals surface area contributed by atoms with E-state index < -0.39 is 54.5 Å². The van der Waals surface area contributed by atoms with Gasteiger partial charge in [0, 0.05) is 59.6 Å². The third-order valence-electron chi connectivity index (χ3n) is 5.94. The van der Waals surface area contributed by atoms with Gasteiger partial charge in [0.1, 0.15) is 12.7 Å². The molecule has 1 aromatic rings. The summed E-state index contributed by atoms with van der Waals surface area (Å²) in [5.74, 6) is -2.65. The molecule has 208 valence electrons. The van der Waals surface area contributed by atoms with Gasteiger partial charge in [-0.15, -0.1) is 0 Å². The SMILES string of the molecule is CC(=O)OC[C@@H]1O[C@H](NC(=S)N2CCN(c3ccccc3)CC2)[C@H](OC(C)=O)[C@@H](OC(C)=O)[C@H]1OC(C)=O. The van der Waals surface area contributed by atoms with Crippen LogP contribution in [0.15, 0.2) is 30.3 Å². The van der Waals surface area contributed by atoms with Crippen LogP contribution >= 0.6 is 12.2 Å². The highest BCUT2D eigenvalue weighted by molar-refractivity contribution is 7.80. The number of rotatable bonds is 7. The Morgan fingerprint density at radius 3 is 1.95 bits per heavy atom. The second-order valence-corrected chi connectivity index (χ2v) is 9.27. The summed E-state index contributed by atoms with van der Waals surface area (Å²) in [4.78, 5) is 51.5. The second kappa shape index (κ2) is 13.4. The molecule has 2 fully saturated rings. The maximum absolute atomic E-state index is 12.0. The molecule has 38 heavy (non-hydrogen) atoms. The predicted octanol–water partition coefficient (Wildman–Crippen LogP) is 0.766. The van der Waals surface area contributed by atoms with Crippen LogP contribution < -0.4 is 10.2 Å². The third-order valence-corrected chi connectivity index (χ3v) is 6.32. The van der Waals surface area contributed by atoms with Crippen molar-refractivity contribution in [1.82, 2.24) is 10.2 Å². The highest BCUT2D eigenvalue weighted by atomic mass is 32.1. The lowest BCUT2D eigenvalue weighted by Gasteiger charge is -2.45. The van der Waals surface area contributed by atoms with Gasteiger partial charge in [-0.2, -0.15) is 0 Å². The Balaban J connectivity index is 1.79. The van der Waals surface area contributed by atoms with Gasteiger partial charge in [0.25, 0.3) is 0 Å². The number of thiocarbonyl (C=S) groups is 1. The van der Waals surface area contributed by atoms with Crippen LogP contribution in [0.3, 0.4) is 0 Å². The summed E-state index contributed by atoms with van der Waals surface area (Å²) in [5.41, 5.74) is 1.12. The molecule has 2 aliphatic rings. The summed E-state index contributed by atoms with van der Waals surface area (Å²) >= 11 is 5.64. The van der Waals surface area contributed by atoms with E-state index in [0.29, 0.717) is 18.2 Å². The first kappa shape index (κ1) is 29.1. The minimum Gasteiger partial charge on any atom is -0.463 e. The summed E-state index contributed by atoms with van der Waals surface area (Å²) in [7, 11) is 0. The van der Waals surface area contributed by atoms with Gasteiger partial charge in [0.05, 0.1) is 0 Å². The molecule has 0 bridgehead atoms. The van der Waals surface area contributed by atoms with Gasteiger partial charge in [0.2, 0.25) is 0 Å². The van der Waals surface area contributed by atoms with E-state index in [2.05, 4.69) is 10.2 Å². The number of hydrogen-bond donors (Lipinski definition) is 1. The molecule has 1 aromatic carbocycles. The Morgan fingerprint density at radius 1 is 0.842 bits per heavy atom. The third kappa shape index (κ3) is 8.02. The standard InChI is InChI=1S/C25H33N3O9S/c1-15(29)33-14-20-21(34-16(2)30)22(35-17(3)31)23(36-18(4)32)24(37-20)26-25(38)28-12-10-27(11-13-28)19-8-6-5-7-9-19/h5-9,20-24H,10-14H2,1-4H3,(H,26,38)/t20-,21-,22-,23+,24-/m0/s1. The molecule has 13 heteroatoms. The number of benzene rings is 1. The van der Waals surface area contributed by atoms with E-state index in [-0.39, 0.29) is 6.61 Å². The van der Waals surface area contributed by atoms with E-state index in [0.717, 1.165) is 18.8 Å². The van der Waals surface area contributed by atoms with Crippen LogP contribution in [-0.2, 0) is 42.9 Å². The van der Waals surface area contributed by atoms with Crippen molar-refractivity contribution in [2.24, 2.45) is 0 Å². The molecule has 0 amide bonds. The maximum Gasteiger partial charge on any atom is 0.303 e.